The highest BCUT2D eigenvalue weighted by Crippen LogP contribution is 2.53. The lowest BCUT2D eigenvalue weighted by molar-refractivity contribution is -0.274. The fraction of sp³-hybridized carbons (Fsp3) is 0.286. The molecule has 1 aliphatic rings. The summed E-state index contributed by atoms with van der Waals surface area (Å²) in [5, 5.41) is 12.7. The second-order valence-electron chi connectivity index (χ2n) is 5.25. The molecule has 120 valence electrons. The second-order valence-corrected chi connectivity index (χ2v) is 6.14. The normalized spacial score (nSPS) is 16.7. The number of aromatic nitrogens is 2. The molecule has 4 rings (SSSR count). The van der Waals surface area contributed by atoms with E-state index in [4.69, 9.17) is 4.42 Å². The number of aliphatic hydroxyl groups is 1. The zero-order chi connectivity index (χ0) is 16.2. The maximum absolute atomic E-state index is 12.8. The van der Waals surface area contributed by atoms with E-state index >= 15 is 0 Å². The third kappa shape index (κ3) is 2.45. The maximum Gasteiger partial charge on any atom is 0.573 e. The van der Waals surface area contributed by atoms with E-state index in [0.717, 1.165) is 6.39 Å². The number of oxazole rings is 1. The van der Waals surface area contributed by atoms with Crippen LogP contribution in [0.15, 0.2) is 28.5 Å². The smallest absolute Gasteiger partial charge is 0.443 e. The Hall–Kier alpha value is -2.13. The van der Waals surface area contributed by atoms with E-state index in [-0.39, 0.29) is 16.7 Å². The monoisotopic (exact) mass is 342 g/mol. The van der Waals surface area contributed by atoms with Gasteiger partial charge in [-0.2, -0.15) is 0 Å². The van der Waals surface area contributed by atoms with Crippen molar-refractivity contribution in [3.05, 3.63) is 29.6 Å². The minimum absolute atomic E-state index is 0.0569. The highest BCUT2D eigenvalue weighted by Gasteiger charge is 2.47. The first kappa shape index (κ1) is 14.5. The molecule has 3 aromatic rings. The average Bonchev–Trinajstić information content (AvgIpc) is 2.95. The summed E-state index contributed by atoms with van der Waals surface area (Å²) in [5.41, 5.74) is -0.726. The molecule has 0 spiro atoms. The van der Waals surface area contributed by atoms with Gasteiger partial charge in [0.15, 0.2) is 23.2 Å². The van der Waals surface area contributed by atoms with E-state index in [0.29, 0.717) is 23.4 Å². The van der Waals surface area contributed by atoms with E-state index < -0.39 is 17.7 Å². The maximum atomic E-state index is 12.8. The van der Waals surface area contributed by atoms with Gasteiger partial charge < -0.3 is 14.3 Å². The van der Waals surface area contributed by atoms with Crippen LogP contribution in [0.1, 0.15) is 18.4 Å². The molecule has 0 aliphatic heterocycles. The molecule has 0 unspecified atom stereocenters. The van der Waals surface area contributed by atoms with E-state index in [9.17, 15) is 18.3 Å². The molecule has 2 aromatic heterocycles. The molecule has 0 bridgehead atoms. The van der Waals surface area contributed by atoms with Gasteiger partial charge in [0, 0.05) is 17.1 Å². The number of hydrogen-bond acceptors (Lipinski definition) is 6. The van der Waals surface area contributed by atoms with Crippen LogP contribution in [0.4, 0.5) is 13.2 Å². The molecule has 0 radical (unpaired) electrons. The quantitative estimate of drug-likeness (QED) is 0.783. The van der Waals surface area contributed by atoms with Gasteiger partial charge in [0.2, 0.25) is 0 Å². The molecule has 1 saturated carbocycles. The Morgan fingerprint density at radius 3 is 2.70 bits per heavy atom. The lowest BCUT2D eigenvalue weighted by Crippen LogP contribution is -2.20. The molecule has 5 nitrogen and oxygen atoms in total. The number of hydrogen-bond donors (Lipinski definition) is 1. The number of fused-ring (bicyclic) bond motifs is 1. The number of nitrogens with zero attached hydrogens (tertiary/aromatic N) is 2. The van der Waals surface area contributed by atoms with Crippen molar-refractivity contribution in [3.8, 4) is 16.3 Å². The number of ether oxygens (including phenoxy) is 1. The predicted octanol–water partition coefficient (Wildman–Crippen LogP) is 3.83. The Morgan fingerprint density at radius 1 is 1.30 bits per heavy atom. The van der Waals surface area contributed by atoms with Crippen LogP contribution >= 0.6 is 11.3 Å². The van der Waals surface area contributed by atoms with Gasteiger partial charge in [0.1, 0.15) is 5.01 Å². The Balaban J connectivity index is 2.01. The molecule has 2 heterocycles. The van der Waals surface area contributed by atoms with Crippen LogP contribution in [0.3, 0.4) is 0 Å². The molecule has 1 aromatic carbocycles. The number of thiazole rings is 1. The highest BCUT2D eigenvalue weighted by atomic mass is 32.1. The lowest BCUT2D eigenvalue weighted by Gasteiger charge is -2.18. The van der Waals surface area contributed by atoms with E-state index in [1.54, 1.807) is 11.6 Å². The standard InChI is InChI=1S/C14H9F3N2O3S/c15-14(16,17)22-11-8(13(20)1-2-13)5-7(12-18-3-4-23-12)10-9(11)19-6-21-10/h3-6,20H,1-2H2. The molecular formula is C14H9F3N2O3S. The van der Waals surface area contributed by atoms with Crippen LogP contribution in [0.5, 0.6) is 5.75 Å². The minimum Gasteiger partial charge on any atom is -0.443 e. The van der Waals surface area contributed by atoms with Crippen molar-refractivity contribution in [2.45, 2.75) is 24.8 Å². The summed E-state index contributed by atoms with van der Waals surface area (Å²) >= 11 is 1.31. The first-order chi connectivity index (χ1) is 10.9. The molecule has 23 heavy (non-hydrogen) atoms. The van der Waals surface area contributed by atoms with Crippen molar-refractivity contribution in [1.29, 1.82) is 0 Å². The Kier molecular flexibility index (Phi) is 2.94. The minimum atomic E-state index is -4.89. The van der Waals surface area contributed by atoms with Crippen molar-refractivity contribution < 1.29 is 27.4 Å². The largest absolute Gasteiger partial charge is 0.573 e. The third-order valence-corrected chi connectivity index (χ3v) is 4.47. The molecule has 0 saturated heterocycles. The highest BCUT2D eigenvalue weighted by molar-refractivity contribution is 7.13. The van der Waals surface area contributed by atoms with E-state index in [2.05, 4.69) is 14.7 Å². The van der Waals surface area contributed by atoms with Crippen LogP contribution in [-0.2, 0) is 5.60 Å². The molecule has 0 amide bonds. The summed E-state index contributed by atoms with van der Waals surface area (Å²) in [6.45, 7) is 0. The fourth-order valence-electron chi connectivity index (χ4n) is 2.47. The molecular weight excluding hydrogens is 333 g/mol. The average molecular weight is 342 g/mol. The lowest BCUT2D eigenvalue weighted by atomic mass is 10.0. The number of rotatable bonds is 3. The summed E-state index contributed by atoms with van der Waals surface area (Å²) in [6, 6.07) is 1.44. The number of halogens is 3. The van der Waals surface area contributed by atoms with Gasteiger partial charge >= 0.3 is 6.36 Å². The summed E-state index contributed by atoms with van der Waals surface area (Å²) in [5.74, 6) is -0.512. The van der Waals surface area contributed by atoms with Gasteiger partial charge in [-0.05, 0) is 18.9 Å². The Labute approximate surface area is 131 Å². The van der Waals surface area contributed by atoms with Gasteiger partial charge in [-0.3, -0.25) is 0 Å². The van der Waals surface area contributed by atoms with Gasteiger partial charge in [-0.1, -0.05) is 0 Å². The zero-order valence-corrected chi connectivity index (χ0v) is 12.2. The Bertz CT molecular complexity index is 869. The van der Waals surface area contributed by atoms with Crippen LogP contribution in [0.2, 0.25) is 0 Å². The molecule has 0 atom stereocenters. The molecule has 1 aliphatic carbocycles. The zero-order valence-electron chi connectivity index (χ0n) is 11.4. The fourth-order valence-corrected chi connectivity index (χ4v) is 3.12. The van der Waals surface area contributed by atoms with Crippen LogP contribution in [0.25, 0.3) is 21.7 Å². The van der Waals surface area contributed by atoms with E-state index in [1.807, 2.05) is 0 Å². The number of benzene rings is 1. The van der Waals surface area contributed by atoms with Crippen molar-refractivity contribution in [2.24, 2.45) is 0 Å². The first-order valence-corrected chi connectivity index (χ1v) is 7.54. The first-order valence-electron chi connectivity index (χ1n) is 6.66. The van der Waals surface area contributed by atoms with Crippen molar-refractivity contribution in [3.63, 3.8) is 0 Å². The van der Waals surface area contributed by atoms with Gasteiger partial charge in [0.05, 0.1) is 11.2 Å². The van der Waals surface area contributed by atoms with Gasteiger partial charge in [-0.15, -0.1) is 24.5 Å². The third-order valence-electron chi connectivity index (χ3n) is 3.67. The second kappa shape index (κ2) is 4.68. The van der Waals surface area contributed by atoms with E-state index in [1.165, 1.54) is 17.4 Å². The summed E-state index contributed by atoms with van der Waals surface area (Å²) < 4.78 is 47.7. The molecule has 1 fully saturated rings. The topological polar surface area (TPSA) is 68.4 Å². The van der Waals surface area contributed by atoms with Gasteiger partial charge in [-0.25, -0.2) is 9.97 Å². The van der Waals surface area contributed by atoms with Crippen molar-refractivity contribution in [2.75, 3.05) is 0 Å². The number of alkyl halides is 3. The van der Waals surface area contributed by atoms with Crippen LogP contribution < -0.4 is 4.74 Å². The van der Waals surface area contributed by atoms with Crippen molar-refractivity contribution >= 4 is 22.4 Å². The SMILES string of the molecule is OC1(c2cc(-c3nccs3)c3ocnc3c2OC(F)(F)F)CC1. The van der Waals surface area contributed by atoms with Crippen LogP contribution in [0, 0.1) is 0 Å². The molecule has 1 N–H and O–H groups in total. The van der Waals surface area contributed by atoms with Crippen LogP contribution in [-0.4, -0.2) is 21.4 Å². The summed E-state index contributed by atoms with van der Waals surface area (Å²) in [7, 11) is 0. The Morgan fingerprint density at radius 2 is 2.09 bits per heavy atom. The summed E-state index contributed by atoms with van der Waals surface area (Å²) in [4.78, 5) is 8.00. The van der Waals surface area contributed by atoms with Gasteiger partial charge in [0.25, 0.3) is 0 Å². The van der Waals surface area contributed by atoms with Crippen molar-refractivity contribution in [1.82, 2.24) is 9.97 Å². The predicted molar refractivity (Wildman–Crippen MR) is 74.9 cm³/mol. The molecule has 9 heteroatoms. The summed E-state index contributed by atoms with van der Waals surface area (Å²) in [6.07, 6.45) is -1.54.